The van der Waals surface area contributed by atoms with E-state index in [-0.39, 0.29) is 60.6 Å². The van der Waals surface area contributed by atoms with Crippen LogP contribution in [0, 0.1) is 11.8 Å². The lowest BCUT2D eigenvalue weighted by Crippen LogP contribution is -2.51. The van der Waals surface area contributed by atoms with E-state index < -0.39 is 6.04 Å². The van der Waals surface area contributed by atoms with Gasteiger partial charge in [-0.15, -0.1) is 0 Å². The molecule has 2 atom stereocenters. The first-order valence-corrected chi connectivity index (χ1v) is 13.3. The van der Waals surface area contributed by atoms with E-state index in [1.165, 1.54) is 23.1 Å². The van der Waals surface area contributed by atoms with Crippen LogP contribution in [0.5, 0.6) is 0 Å². The Morgan fingerprint density at radius 3 is 1.94 bits per heavy atom. The summed E-state index contributed by atoms with van der Waals surface area (Å²) in [7, 11) is 1.60. The number of carbonyl (C=O) groups is 5. The molecule has 35 heavy (non-hydrogen) atoms. The molecule has 2 unspecified atom stereocenters. The van der Waals surface area contributed by atoms with Gasteiger partial charge >= 0.3 is 0 Å². The summed E-state index contributed by atoms with van der Waals surface area (Å²) in [6.45, 7) is 19.5. The standard InChI is InChI=1S/C20H33N3O5.C3H8.2C2H6/c1-13(2)18(19(27)21-12-15(4)24)22(5)16(25)9-7-6-8-10-23-17(26)11-14(3)20(23)28;1-3-2;2*1-2/h13-14,18H,6-12H2,1-5H3,(H,21,27);3H2,1-2H3;2*1-2H3. The van der Waals surface area contributed by atoms with Gasteiger partial charge in [-0.05, 0) is 25.7 Å². The van der Waals surface area contributed by atoms with Crippen LogP contribution in [0.3, 0.4) is 0 Å². The molecular weight excluding hydrogens is 446 g/mol. The number of nitrogens with zero attached hydrogens (tertiary/aromatic N) is 2. The van der Waals surface area contributed by atoms with Gasteiger partial charge in [-0.2, -0.15) is 0 Å². The van der Waals surface area contributed by atoms with Crippen molar-refractivity contribution in [3.05, 3.63) is 0 Å². The minimum atomic E-state index is -0.631. The number of hydrogen-bond acceptors (Lipinski definition) is 5. The first-order chi connectivity index (χ1) is 16.5. The smallest absolute Gasteiger partial charge is 0.243 e. The van der Waals surface area contributed by atoms with Gasteiger partial charge < -0.3 is 10.2 Å². The zero-order valence-electron chi connectivity index (χ0n) is 24.3. The summed E-state index contributed by atoms with van der Waals surface area (Å²) in [6.07, 6.45) is 3.82. The minimum Gasteiger partial charge on any atom is -0.347 e. The molecule has 1 rings (SSSR count). The molecule has 0 aromatic heterocycles. The quantitative estimate of drug-likeness (QED) is 0.330. The van der Waals surface area contributed by atoms with Gasteiger partial charge in [0.15, 0.2) is 0 Å². The van der Waals surface area contributed by atoms with E-state index in [1.54, 1.807) is 14.0 Å². The number of hydrogen-bond donors (Lipinski definition) is 1. The van der Waals surface area contributed by atoms with Crippen LogP contribution in [-0.4, -0.2) is 65.4 Å². The van der Waals surface area contributed by atoms with Crippen molar-refractivity contribution in [2.24, 2.45) is 11.8 Å². The van der Waals surface area contributed by atoms with Gasteiger partial charge in [-0.25, -0.2) is 0 Å². The Kier molecular flexibility index (Phi) is 23.7. The van der Waals surface area contributed by atoms with Crippen LogP contribution >= 0.6 is 0 Å². The maximum atomic E-state index is 12.5. The number of nitrogens with one attached hydrogen (secondary N) is 1. The highest BCUT2D eigenvalue weighted by Crippen LogP contribution is 2.19. The lowest BCUT2D eigenvalue weighted by Gasteiger charge is -2.30. The van der Waals surface area contributed by atoms with Crippen molar-refractivity contribution in [1.29, 1.82) is 0 Å². The molecule has 1 aliphatic rings. The number of likely N-dealkylation sites (tertiary alicyclic amines) is 1. The van der Waals surface area contributed by atoms with Crippen LogP contribution in [0.4, 0.5) is 0 Å². The van der Waals surface area contributed by atoms with E-state index in [1.807, 2.05) is 41.5 Å². The zero-order chi connectivity index (χ0) is 28.1. The number of ketones is 1. The average Bonchev–Trinajstić information content (AvgIpc) is 3.06. The number of Topliss-reactive ketones (excluding diaryl/α,β-unsaturated/α-hetero) is 1. The van der Waals surface area contributed by atoms with Gasteiger partial charge in [0.1, 0.15) is 11.8 Å². The molecule has 1 fully saturated rings. The molecule has 0 aliphatic carbocycles. The van der Waals surface area contributed by atoms with Crippen LogP contribution in [0.1, 0.15) is 108 Å². The number of carbonyl (C=O) groups excluding carboxylic acids is 5. The van der Waals surface area contributed by atoms with Gasteiger partial charge in [0.2, 0.25) is 23.6 Å². The molecule has 206 valence electrons. The molecule has 8 nitrogen and oxygen atoms in total. The molecule has 1 N–H and O–H groups in total. The second-order valence-corrected chi connectivity index (χ2v) is 8.62. The predicted octanol–water partition coefficient (Wildman–Crippen LogP) is 4.60. The van der Waals surface area contributed by atoms with Gasteiger partial charge in [0.05, 0.1) is 6.54 Å². The van der Waals surface area contributed by atoms with Crippen LogP contribution in [0.25, 0.3) is 0 Å². The summed E-state index contributed by atoms with van der Waals surface area (Å²) in [4.78, 5) is 62.2. The Balaban J connectivity index is -0.00000132. The fraction of sp³-hybridized carbons (Fsp3) is 0.815. The monoisotopic (exact) mass is 499 g/mol. The van der Waals surface area contributed by atoms with Crippen molar-refractivity contribution in [2.45, 2.75) is 114 Å². The Bertz CT molecular complexity index is 634. The molecule has 0 aromatic rings. The van der Waals surface area contributed by atoms with Crippen molar-refractivity contribution in [1.82, 2.24) is 15.1 Å². The van der Waals surface area contributed by atoms with Crippen molar-refractivity contribution >= 4 is 29.4 Å². The van der Waals surface area contributed by atoms with E-state index in [9.17, 15) is 24.0 Å². The predicted molar refractivity (Wildman–Crippen MR) is 143 cm³/mol. The maximum absolute atomic E-state index is 12.5. The number of likely N-dealkylation sites (N-methyl/N-ethyl adjacent to an activating group) is 1. The summed E-state index contributed by atoms with van der Waals surface area (Å²) < 4.78 is 0. The third-order valence-corrected chi connectivity index (χ3v) is 4.96. The summed E-state index contributed by atoms with van der Waals surface area (Å²) >= 11 is 0. The molecule has 8 heteroatoms. The van der Waals surface area contributed by atoms with Crippen LogP contribution < -0.4 is 5.32 Å². The molecule has 4 amide bonds. The molecular formula is C27H53N3O5. The third-order valence-electron chi connectivity index (χ3n) is 4.96. The third kappa shape index (κ3) is 15.4. The highest BCUT2D eigenvalue weighted by atomic mass is 16.2. The molecule has 1 aliphatic heterocycles. The SMILES string of the molecule is CC.CC.CC(=O)CNC(=O)C(C(C)C)N(C)C(=O)CCCCCN1C(=O)CC(C)C1=O.CCC. The fourth-order valence-corrected chi connectivity index (χ4v) is 3.38. The maximum Gasteiger partial charge on any atom is 0.243 e. The lowest BCUT2D eigenvalue weighted by molar-refractivity contribution is -0.141. The number of amides is 4. The van der Waals surface area contributed by atoms with E-state index in [0.717, 1.165) is 0 Å². The van der Waals surface area contributed by atoms with Gasteiger partial charge in [-0.1, -0.05) is 75.2 Å². The highest BCUT2D eigenvalue weighted by Gasteiger charge is 2.34. The van der Waals surface area contributed by atoms with Crippen LogP contribution in [0.2, 0.25) is 0 Å². The first-order valence-electron chi connectivity index (χ1n) is 13.3. The van der Waals surface area contributed by atoms with Gasteiger partial charge in [-0.3, -0.25) is 28.9 Å². The Morgan fingerprint density at radius 1 is 1.03 bits per heavy atom. The van der Waals surface area contributed by atoms with E-state index in [0.29, 0.717) is 25.8 Å². The Morgan fingerprint density at radius 2 is 1.54 bits per heavy atom. The summed E-state index contributed by atoms with van der Waals surface area (Å²) in [5.41, 5.74) is 0. The van der Waals surface area contributed by atoms with Crippen molar-refractivity contribution in [3.63, 3.8) is 0 Å². The molecule has 0 spiro atoms. The minimum absolute atomic E-state index is 0.0450. The molecule has 1 saturated heterocycles. The Hall–Kier alpha value is -2.25. The topological polar surface area (TPSA) is 104 Å². The molecule has 0 aromatic carbocycles. The zero-order valence-corrected chi connectivity index (χ0v) is 24.3. The van der Waals surface area contributed by atoms with Crippen molar-refractivity contribution < 1.29 is 24.0 Å². The summed E-state index contributed by atoms with van der Waals surface area (Å²) in [6, 6.07) is -0.631. The van der Waals surface area contributed by atoms with Crippen LogP contribution in [-0.2, 0) is 24.0 Å². The molecule has 0 radical (unpaired) electrons. The highest BCUT2D eigenvalue weighted by molar-refractivity contribution is 6.03. The fourth-order valence-electron chi connectivity index (χ4n) is 3.38. The average molecular weight is 500 g/mol. The largest absolute Gasteiger partial charge is 0.347 e. The van der Waals surface area contributed by atoms with E-state index >= 15 is 0 Å². The van der Waals surface area contributed by atoms with Crippen LogP contribution in [0.15, 0.2) is 0 Å². The second kappa shape index (κ2) is 22.2. The summed E-state index contributed by atoms with van der Waals surface area (Å²) in [5, 5.41) is 2.57. The lowest BCUT2D eigenvalue weighted by atomic mass is 10.0. The van der Waals surface area contributed by atoms with E-state index in [2.05, 4.69) is 19.2 Å². The number of rotatable bonds is 11. The van der Waals surface area contributed by atoms with E-state index in [4.69, 9.17) is 0 Å². The first kappa shape index (κ1) is 37.3. The normalized spacial score (nSPS) is 15.1. The number of imide groups is 1. The van der Waals surface area contributed by atoms with Gasteiger partial charge in [0, 0.05) is 32.4 Å². The van der Waals surface area contributed by atoms with Crippen molar-refractivity contribution in [3.8, 4) is 0 Å². The molecule has 0 saturated carbocycles. The number of unbranched alkanes of at least 4 members (excludes halogenated alkanes) is 2. The Labute approximate surface area is 214 Å². The summed E-state index contributed by atoms with van der Waals surface area (Å²) in [5.74, 6) is -1.17. The molecule has 1 heterocycles. The second-order valence-electron chi connectivity index (χ2n) is 8.62. The van der Waals surface area contributed by atoms with Crippen molar-refractivity contribution in [2.75, 3.05) is 20.1 Å². The van der Waals surface area contributed by atoms with Gasteiger partial charge in [0.25, 0.3) is 0 Å². The molecule has 0 bridgehead atoms.